The number of benzene rings is 2. The molecule has 0 aromatic heterocycles. The molecule has 2 aromatic rings. The molecule has 1 fully saturated rings. The Hall–Kier alpha value is -2.49. The molecule has 4 heteroatoms. The van der Waals surface area contributed by atoms with Crippen molar-refractivity contribution in [1.29, 1.82) is 0 Å². The van der Waals surface area contributed by atoms with Crippen LogP contribution in [0.3, 0.4) is 0 Å². The minimum absolute atomic E-state index is 0.0496. The smallest absolute Gasteiger partial charge is 0.255 e. The van der Waals surface area contributed by atoms with Crippen molar-refractivity contribution in [1.82, 2.24) is 5.32 Å². The molecule has 0 bridgehead atoms. The minimum Gasteiger partial charge on any atom is -0.490 e. The van der Waals surface area contributed by atoms with Crippen LogP contribution < -0.4 is 14.8 Å². The van der Waals surface area contributed by atoms with Crippen molar-refractivity contribution >= 4 is 5.91 Å². The lowest BCUT2D eigenvalue weighted by atomic mass is 9.95. The molecule has 1 aliphatic carbocycles. The van der Waals surface area contributed by atoms with E-state index in [0.29, 0.717) is 24.5 Å². The third-order valence-electron chi connectivity index (χ3n) is 4.42. The fraction of sp³-hybridized carbons (Fsp3) is 0.381. The van der Waals surface area contributed by atoms with Crippen molar-refractivity contribution in [3.05, 3.63) is 60.2 Å². The van der Waals surface area contributed by atoms with Gasteiger partial charge in [-0.3, -0.25) is 4.79 Å². The van der Waals surface area contributed by atoms with E-state index in [-0.39, 0.29) is 11.9 Å². The van der Waals surface area contributed by atoms with Gasteiger partial charge in [0.15, 0.2) is 0 Å². The van der Waals surface area contributed by atoms with Crippen molar-refractivity contribution in [2.45, 2.75) is 38.1 Å². The second-order valence-electron chi connectivity index (χ2n) is 6.31. The largest absolute Gasteiger partial charge is 0.490 e. The second kappa shape index (κ2) is 9.11. The Morgan fingerprint density at radius 3 is 2.36 bits per heavy atom. The van der Waals surface area contributed by atoms with E-state index < -0.39 is 0 Å². The molecule has 132 valence electrons. The van der Waals surface area contributed by atoms with Gasteiger partial charge >= 0.3 is 0 Å². The molecule has 0 saturated heterocycles. The number of hydrogen-bond acceptors (Lipinski definition) is 3. The fourth-order valence-electron chi connectivity index (χ4n) is 3.12. The predicted molar refractivity (Wildman–Crippen MR) is 98.2 cm³/mol. The summed E-state index contributed by atoms with van der Waals surface area (Å²) < 4.78 is 11.4. The van der Waals surface area contributed by atoms with Crippen molar-refractivity contribution < 1.29 is 14.3 Å². The molecule has 3 rings (SSSR count). The maximum Gasteiger partial charge on any atom is 0.255 e. The average Bonchev–Trinajstić information content (AvgIpc) is 2.67. The zero-order chi connectivity index (χ0) is 17.3. The molecule has 0 radical (unpaired) electrons. The number of nitrogens with one attached hydrogen (secondary N) is 1. The van der Waals surface area contributed by atoms with Gasteiger partial charge in [0.1, 0.15) is 24.7 Å². The molecule has 2 aromatic carbocycles. The number of para-hydroxylation sites is 2. The molecule has 1 N–H and O–H groups in total. The first-order valence-electron chi connectivity index (χ1n) is 9.03. The molecule has 0 spiro atoms. The van der Waals surface area contributed by atoms with Crippen LogP contribution in [0.15, 0.2) is 54.6 Å². The molecule has 0 unspecified atom stereocenters. The molecule has 4 nitrogen and oxygen atoms in total. The van der Waals surface area contributed by atoms with Gasteiger partial charge in [0.05, 0.1) is 5.56 Å². The van der Waals surface area contributed by atoms with Crippen molar-refractivity contribution in [2.24, 2.45) is 0 Å². The summed E-state index contributed by atoms with van der Waals surface area (Å²) in [6.45, 7) is 0.825. The number of amides is 1. The first-order valence-corrected chi connectivity index (χ1v) is 9.03. The molecule has 1 aliphatic rings. The molecule has 0 heterocycles. The van der Waals surface area contributed by atoms with Gasteiger partial charge in [0.2, 0.25) is 0 Å². The Morgan fingerprint density at radius 2 is 1.56 bits per heavy atom. The van der Waals surface area contributed by atoms with Crippen LogP contribution >= 0.6 is 0 Å². The van der Waals surface area contributed by atoms with E-state index in [1.807, 2.05) is 54.6 Å². The number of ether oxygens (including phenoxy) is 2. The number of carbonyl (C=O) groups is 1. The molecular weight excluding hydrogens is 314 g/mol. The van der Waals surface area contributed by atoms with Crippen LogP contribution in [0.2, 0.25) is 0 Å². The lowest BCUT2D eigenvalue weighted by molar-refractivity contribution is 0.0922. The summed E-state index contributed by atoms with van der Waals surface area (Å²) in [6.07, 6.45) is 5.80. The normalized spacial score (nSPS) is 14.7. The lowest BCUT2D eigenvalue weighted by Gasteiger charge is -2.23. The molecular formula is C21H25NO3. The first-order chi connectivity index (χ1) is 12.3. The topological polar surface area (TPSA) is 47.6 Å². The van der Waals surface area contributed by atoms with E-state index in [2.05, 4.69) is 5.32 Å². The summed E-state index contributed by atoms with van der Waals surface area (Å²) >= 11 is 0. The first kappa shape index (κ1) is 17.3. The summed E-state index contributed by atoms with van der Waals surface area (Å²) in [5, 5.41) is 3.14. The van der Waals surface area contributed by atoms with Gasteiger partial charge in [0, 0.05) is 6.04 Å². The third kappa shape index (κ3) is 5.24. The SMILES string of the molecule is O=C(NC1CCCCC1)c1ccccc1OCCOc1ccccc1. The molecule has 25 heavy (non-hydrogen) atoms. The van der Waals surface area contributed by atoms with Crippen LogP contribution in [0.25, 0.3) is 0 Å². The highest BCUT2D eigenvalue weighted by atomic mass is 16.5. The number of carbonyl (C=O) groups excluding carboxylic acids is 1. The maximum absolute atomic E-state index is 12.6. The predicted octanol–water partition coefficient (Wildman–Crippen LogP) is 4.21. The van der Waals surface area contributed by atoms with E-state index >= 15 is 0 Å². The Bertz CT molecular complexity index is 666. The maximum atomic E-state index is 12.6. The summed E-state index contributed by atoms with van der Waals surface area (Å²) in [4.78, 5) is 12.6. The molecule has 1 saturated carbocycles. The third-order valence-corrected chi connectivity index (χ3v) is 4.42. The quantitative estimate of drug-likeness (QED) is 0.769. The van der Waals surface area contributed by atoms with Gasteiger partial charge in [-0.15, -0.1) is 0 Å². The number of hydrogen-bond donors (Lipinski definition) is 1. The van der Waals surface area contributed by atoms with Crippen LogP contribution in [0.1, 0.15) is 42.5 Å². The van der Waals surface area contributed by atoms with Gasteiger partial charge in [-0.2, -0.15) is 0 Å². The highest BCUT2D eigenvalue weighted by Crippen LogP contribution is 2.21. The zero-order valence-corrected chi connectivity index (χ0v) is 14.4. The Balaban J connectivity index is 1.52. The Kier molecular flexibility index (Phi) is 6.32. The van der Waals surface area contributed by atoms with Gasteiger partial charge in [-0.05, 0) is 37.1 Å². The fourth-order valence-corrected chi connectivity index (χ4v) is 3.12. The standard InChI is InChI=1S/C21H25NO3/c23-21(22-17-9-3-1-4-10-17)19-13-7-8-14-20(19)25-16-15-24-18-11-5-2-6-12-18/h2,5-8,11-14,17H,1,3-4,9-10,15-16H2,(H,22,23). The van der Waals surface area contributed by atoms with E-state index in [9.17, 15) is 4.79 Å². The lowest BCUT2D eigenvalue weighted by Crippen LogP contribution is -2.36. The molecule has 1 amide bonds. The van der Waals surface area contributed by atoms with Crippen LogP contribution in [0, 0.1) is 0 Å². The van der Waals surface area contributed by atoms with Crippen molar-refractivity contribution in [3.63, 3.8) is 0 Å². The minimum atomic E-state index is -0.0496. The van der Waals surface area contributed by atoms with E-state index in [1.165, 1.54) is 19.3 Å². The Morgan fingerprint density at radius 1 is 0.880 bits per heavy atom. The van der Waals surface area contributed by atoms with Crippen molar-refractivity contribution in [2.75, 3.05) is 13.2 Å². The van der Waals surface area contributed by atoms with Crippen LogP contribution in [-0.4, -0.2) is 25.2 Å². The van der Waals surface area contributed by atoms with Crippen LogP contribution in [-0.2, 0) is 0 Å². The van der Waals surface area contributed by atoms with Crippen LogP contribution in [0.5, 0.6) is 11.5 Å². The summed E-state index contributed by atoms with van der Waals surface area (Å²) in [5.41, 5.74) is 0.591. The van der Waals surface area contributed by atoms with Crippen molar-refractivity contribution in [3.8, 4) is 11.5 Å². The molecule has 0 aliphatic heterocycles. The van der Waals surface area contributed by atoms with E-state index in [0.717, 1.165) is 18.6 Å². The zero-order valence-electron chi connectivity index (χ0n) is 14.4. The summed E-state index contributed by atoms with van der Waals surface area (Å²) in [6, 6.07) is 17.3. The van der Waals surface area contributed by atoms with Gasteiger partial charge in [-0.25, -0.2) is 0 Å². The number of rotatable bonds is 7. The van der Waals surface area contributed by atoms with Gasteiger partial charge in [0.25, 0.3) is 5.91 Å². The van der Waals surface area contributed by atoms with E-state index in [4.69, 9.17) is 9.47 Å². The summed E-state index contributed by atoms with van der Waals surface area (Å²) in [5.74, 6) is 1.37. The van der Waals surface area contributed by atoms with Gasteiger partial charge < -0.3 is 14.8 Å². The monoisotopic (exact) mass is 339 g/mol. The highest BCUT2D eigenvalue weighted by molar-refractivity contribution is 5.97. The second-order valence-corrected chi connectivity index (χ2v) is 6.31. The molecule has 0 atom stereocenters. The highest BCUT2D eigenvalue weighted by Gasteiger charge is 2.18. The van der Waals surface area contributed by atoms with Gasteiger partial charge in [-0.1, -0.05) is 49.6 Å². The van der Waals surface area contributed by atoms with Crippen LogP contribution in [0.4, 0.5) is 0 Å². The average molecular weight is 339 g/mol. The van der Waals surface area contributed by atoms with E-state index in [1.54, 1.807) is 0 Å². The Labute approximate surface area is 149 Å². The summed E-state index contributed by atoms with van der Waals surface area (Å²) in [7, 11) is 0.